The van der Waals surface area contributed by atoms with Crippen molar-refractivity contribution in [2.75, 3.05) is 0 Å². The zero-order valence-corrected chi connectivity index (χ0v) is 12.0. The summed E-state index contributed by atoms with van der Waals surface area (Å²) in [5.74, 6) is 0.811. The SMILES string of the molecule is c1ccc(C2CCC(NC3CCCCC3)CC2)cc1. The topological polar surface area (TPSA) is 12.0 Å². The van der Waals surface area contributed by atoms with Gasteiger partial charge in [-0.05, 0) is 50.0 Å². The molecule has 1 aromatic rings. The molecule has 1 N–H and O–H groups in total. The van der Waals surface area contributed by atoms with Gasteiger partial charge in [0.2, 0.25) is 0 Å². The van der Waals surface area contributed by atoms with Gasteiger partial charge < -0.3 is 5.32 Å². The highest BCUT2D eigenvalue weighted by Crippen LogP contribution is 2.33. The van der Waals surface area contributed by atoms with Gasteiger partial charge in [-0.25, -0.2) is 0 Å². The minimum Gasteiger partial charge on any atom is -0.311 e. The van der Waals surface area contributed by atoms with Crippen molar-refractivity contribution in [3.8, 4) is 0 Å². The fraction of sp³-hybridized carbons (Fsp3) is 0.667. The first-order chi connectivity index (χ1) is 9.42. The quantitative estimate of drug-likeness (QED) is 0.832. The van der Waals surface area contributed by atoms with Crippen LogP contribution in [0.5, 0.6) is 0 Å². The lowest BCUT2D eigenvalue weighted by Crippen LogP contribution is -2.41. The summed E-state index contributed by atoms with van der Waals surface area (Å²) in [5, 5.41) is 3.93. The molecule has 0 bridgehead atoms. The van der Waals surface area contributed by atoms with Gasteiger partial charge in [0.25, 0.3) is 0 Å². The highest BCUT2D eigenvalue weighted by atomic mass is 15.0. The molecule has 1 nitrogen and oxygen atoms in total. The molecule has 0 radical (unpaired) electrons. The molecule has 0 saturated heterocycles. The van der Waals surface area contributed by atoms with Gasteiger partial charge >= 0.3 is 0 Å². The Morgan fingerprint density at radius 1 is 0.684 bits per heavy atom. The van der Waals surface area contributed by atoms with Crippen LogP contribution in [0.3, 0.4) is 0 Å². The smallest absolute Gasteiger partial charge is 0.00700 e. The third kappa shape index (κ3) is 3.60. The van der Waals surface area contributed by atoms with Gasteiger partial charge in [-0.2, -0.15) is 0 Å². The number of nitrogens with one attached hydrogen (secondary N) is 1. The molecule has 0 amide bonds. The van der Waals surface area contributed by atoms with Crippen LogP contribution < -0.4 is 5.32 Å². The van der Waals surface area contributed by atoms with E-state index in [0.29, 0.717) is 0 Å². The van der Waals surface area contributed by atoms with Gasteiger partial charge in [-0.15, -0.1) is 0 Å². The van der Waals surface area contributed by atoms with E-state index in [4.69, 9.17) is 0 Å². The molecular formula is C18H27N. The second-order valence-electron chi connectivity index (χ2n) is 6.46. The van der Waals surface area contributed by atoms with Crippen LogP contribution in [0.2, 0.25) is 0 Å². The molecule has 19 heavy (non-hydrogen) atoms. The number of benzene rings is 1. The summed E-state index contributed by atoms with van der Waals surface area (Å²) in [5.41, 5.74) is 1.55. The summed E-state index contributed by atoms with van der Waals surface area (Å²) in [6, 6.07) is 12.7. The van der Waals surface area contributed by atoms with Crippen molar-refractivity contribution >= 4 is 0 Å². The monoisotopic (exact) mass is 257 g/mol. The zero-order chi connectivity index (χ0) is 12.9. The van der Waals surface area contributed by atoms with Gasteiger partial charge in [0.15, 0.2) is 0 Å². The molecule has 2 aliphatic carbocycles. The van der Waals surface area contributed by atoms with E-state index in [0.717, 1.165) is 18.0 Å². The van der Waals surface area contributed by atoms with Crippen LogP contribution in [0.4, 0.5) is 0 Å². The van der Waals surface area contributed by atoms with Gasteiger partial charge in [0.1, 0.15) is 0 Å². The first kappa shape index (κ1) is 13.2. The maximum absolute atomic E-state index is 3.93. The lowest BCUT2D eigenvalue weighted by atomic mass is 9.81. The highest BCUT2D eigenvalue weighted by molar-refractivity contribution is 5.20. The fourth-order valence-electron chi connectivity index (χ4n) is 3.92. The Labute approximate surface area is 117 Å². The van der Waals surface area contributed by atoms with E-state index < -0.39 is 0 Å². The van der Waals surface area contributed by atoms with Crippen molar-refractivity contribution in [2.45, 2.75) is 75.8 Å². The van der Waals surface area contributed by atoms with Crippen LogP contribution in [0.15, 0.2) is 30.3 Å². The second kappa shape index (κ2) is 6.56. The summed E-state index contributed by atoms with van der Waals surface area (Å²) in [7, 11) is 0. The number of rotatable bonds is 3. The summed E-state index contributed by atoms with van der Waals surface area (Å²) in [4.78, 5) is 0. The Bertz CT molecular complexity index is 359. The third-order valence-electron chi connectivity index (χ3n) is 5.07. The maximum Gasteiger partial charge on any atom is 0.00700 e. The van der Waals surface area contributed by atoms with Crippen LogP contribution in [0, 0.1) is 0 Å². The molecule has 1 heteroatoms. The largest absolute Gasteiger partial charge is 0.311 e. The molecule has 2 saturated carbocycles. The van der Waals surface area contributed by atoms with E-state index in [2.05, 4.69) is 35.6 Å². The number of hydrogen-bond acceptors (Lipinski definition) is 1. The Balaban J connectivity index is 1.46. The Hall–Kier alpha value is -0.820. The van der Waals surface area contributed by atoms with Crippen molar-refractivity contribution in [2.24, 2.45) is 0 Å². The molecule has 104 valence electrons. The lowest BCUT2D eigenvalue weighted by Gasteiger charge is -2.33. The van der Waals surface area contributed by atoms with Crippen molar-refractivity contribution in [3.63, 3.8) is 0 Å². The standard InChI is InChI=1S/C18H27N/c1-3-7-15(8-4-1)16-11-13-18(14-12-16)19-17-9-5-2-6-10-17/h1,3-4,7-8,16-19H,2,5-6,9-14H2. The summed E-state index contributed by atoms with van der Waals surface area (Å²) >= 11 is 0. The second-order valence-corrected chi connectivity index (χ2v) is 6.46. The van der Waals surface area contributed by atoms with E-state index in [1.165, 1.54) is 57.8 Å². The molecule has 0 aliphatic heterocycles. The van der Waals surface area contributed by atoms with Gasteiger partial charge in [0, 0.05) is 12.1 Å². The molecule has 2 aliphatic rings. The molecule has 3 rings (SSSR count). The minimum absolute atomic E-state index is 0.795. The van der Waals surface area contributed by atoms with Crippen molar-refractivity contribution in [3.05, 3.63) is 35.9 Å². The minimum atomic E-state index is 0.795. The van der Waals surface area contributed by atoms with E-state index >= 15 is 0 Å². The molecule has 0 unspecified atom stereocenters. The molecule has 0 heterocycles. The van der Waals surface area contributed by atoms with E-state index in [1.807, 2.05) is 0 Å². The molecule has 0 atom stereocenters. The molecule has 0 aromatic heterocycles. The third-order valence-corrected chi connectivity index (χ3v) is 5.07. The van der Waals surface area contributed by atoms with Crippen LogP contribution in [0.25, 0.3) is 0 Å². The molecule has 2 fully saturated rings. The first-order valence-corrected chi connectivity index (χ1v) is 8.23. The van der Waals surface area contributed by atoms with Crippen LogP contribution in [0.1, 0.15) is 69.3 Å². The zero-order valence-electron chi connectivity index (χ0n) is 12.0. The summed E-state index contributed by atoms with van der Waals surface area (Å²) in [6.45, 7) is 0. The van der Waals surface area contributed by atoms with Crippen LogP contribution in [-0.4, -0.2) is 12.1 Å². The fourth-order valence-corrected chi connectivity index (χ4v) is 3.92. The van der Waals surface area contributed by atoms with Gasteiger partial charge in [0.05, 0.1) is 0 Å². The van der Waals surface area contributed by atoms with Crippen LogP contribution in [-0.2, 0) is 0 Å². The number of hydrogen-bond donors (Lipinski definition) is 1. The van der Waals surface area contributed by atoms with E-state index in [9.17, 15) is 0 Å². The van der Waals surface area contributed by atoms with Crippen LogP contribution >= 0.6 is 0 Å². The lowest BCUT2D eigenvalue weighted by molar-refractivity contribution is 0.278. The van der Waals surface area contributed by atoms with E-state index in [1.54, 1.807) is 5.56 Å². The Kier molecular flexibility index (Phi) is 4.55. The predicted molar refractivity (Wildman–Crippen MR) is 81.4 cm³/mol. The maximum atomic E-state index is 3.93. The van der Waals surface area contributed by atoms with Gasteiger partial charge in [-0.1, -0.05) is 49.6 Å². The van der Waals surface area contributed by atoms with Gasteiger partial charge in [-0.3, -0.25) is 0 Å². The van der Waals surface area contributed by atoms with Crippen molar-refractivity contribution < 1.29 is 0 Å². The highest BCUT2D eigenvalue weighted by Gasteiger charge is 2.24. The van der Waals surface area contributed by atoms with Crippen molar-refractivity contribution in [1.29, 1.82) is 0 Å². The summed E-state index contributed by atoms with van der Waals surface area (Å²) in [6.07, 6.45) is 12.7. The van der Waals surface area contributed by atoms with Crippen molar-refractivity contribution in [1.82, 2.24) is 5.32 Å². The normalized spacial score (nSPS) is 29.3. The predicted octanol–water partition coefficient (Wildman–Crippen LogP) is 4.64. The average Bonchev–Trinajstić information content (AvgIpc) is 2.50. The Morgan fingerprint density at radius 3 is 2.00 bits per heavy atom. The van der Waals surface area contributed by atoms with E-state index in [-0.39, 0.29) is 0 Å². The molecule has 0 spiro atoms. The molecule has 1 aromatic carbocycles. The average molecular weight is 257 g/mol. The first-order valence-electron chi connectivity index (χ1n) is 8.23. The summed E-state index contributed by atoms with van der Waals surface area (Å²) < 4.78 is 0. The molecular weight excluding hydrogens is 230 g/mol. The Morgan fingerprint density at radius 2 is 1.32 bits per heavy atom.